The Hall–Kier alpha value is -1.40. The van der Waals surface area contributed by atoms with E-state index in [2.05, 4.69) is 26.2 Å². The second-order valence-corrected chi connectivity index (χ2v) is 6.36. The van der Waals surface area contributed by atoms with Crippen molar-refractivity contribution in [2.24, 2.45) is 0 Å². The first-order valence-electron chi connectivity index (χ1n) is 5.71. The van der Waals surface area contributed by atoms with E-state index in [0.29, 0.717) is 6.54 Å². The van der Waals surface area contributed by atoms with Crippen molar-refractivity contribution >= 4 is 33.4 Å². The Morgan fingerprint density at radius 3 is 2.79 bits per heavy atom. The van der Waals surface area contributed by atoms with Crippen molar-refractivity contribution in [3.8, 4) is 0 Å². The molecule has 0 spiro atoms. The minimum absolute atomic E-state index is 0.270. The van der Waals surface area contributed by atoms with Gasteiger partial charge in [0.2, 0.25) is 0 Å². The highest BCUT2D eigenvalue weighted by molar-refractivity contribution is 9.11. The number of hydrogen-bond acceptors (Lipinski definition) is 4. The van der Waals surface area contributed by atoms with Crippen LogP contribution in [0.25, 0.3) is 0 Å². The van der Waals surface area contributed by atoms with Gasteiger partial charge in [-0.2, -0.15) is 0 Å². The highest BCUT2D eigenvalue weighted by Gasteiger charge is 2.08. The molecule has 1 N–H and O–H groups in total. The van der Waals surface area contributed by atoms with Gasteiger partial charge in [-0.25, -0.2) is 9.78 Å². The molecule has 1 heterocycles. The molecule has 19 heavy (non-hydrogen) atoms. The maximum Gasteiger partial charge on any atom is 0.407 e. The standard InChI is InChI=1S/C13H13BrN2O2S/c1-9-11(16-12(14)19-9)7-15-13(17)18-8-10-5-3-2-4-6-10/h2-6H,7-8H2,1H3,(H,15,17). The van der Waals surface area contributed by atoms with Crippen molar-refractivity contribution < 1.29 is 9.53 Å². The summed E-state index contributed by atoms with van der Waals surface area (Å²) in [6.45, 7) is 2.61. The Morgan fingerprint density at radius 2 is 2.16 bits per heavy atom. The molecule has 6 heteroatoms. The molecule has 0 aliphatic carbocycles. The van der Waals surface area contributed by atoms with Crippen LogP contribution >= 0.6 is 27.3 Å². The van der Waals surface area contributed by atoms with E-state index in [1.165, 1.54) is 0 Å². The van der Waals surface area contributed by atoms with Crippen LogP contribution in [0.1, 0.15) is 16.1 Å². The molecule has 4 nitrogen and oxygen atoms in total. The van der Waals surface area contributed by atoms with Crippen molar-refractivity contribution in [2.45, 2.75) is 20.1 Å². The van der Waals surface area contributed by atoms with E-state index < -0.39 is 6.09 Å². The molecule has 1 aromatic heterocycles. The van der Waals surface area contributed by atoms with Crippen LogP contribution in [0.5, 0.6) is 0 Å². The molecule has 100 valence electrons. The normalized spacial score (nSPS) is 10.2. The van der Waals surface area contributed by atoms with Gasteiger partial charge < -0.3 is 10.1 Å². The lowest BCUT2D eigenvalue weighted by molar-refractivity contribution is 0.139. The first-order chi connectivity index (χ1) is 9.15. The van der Waals surface area contributed by atoms with E-state index in [-0.39, 0.29) is 6.61 Å². The van der Waals surface area contributed by atoms with Crippen LogP contribution < -0.4 is 5.32 Å². The van der Waals surface area contributed by atoms with Crippen LogP contribution in [0.4, 0.5) is 4.79 Å². The second kappa shape index (κ2) is 6.68. The zero-order chi connectivity index (χ0) is 13.7. The monoisotopic (exact) mass is 340 g/mol. The average molecular weight is 341 g/mol. The number of alkyl carbamates (subject to hydrolysis) is 1. The summed E-state index contributed by atoms with van der Waals surface area (Å²) in [4.78, 5) is 16.9. The summed E-state index contributed by atoms with van der Waals surface area (Å²) in [5.74, 6) is 0. The Bertz CT molecular complexity index is 557. The van der Waals surface area contributed by atoms with Gasteiger partial charge in [-0.3, -0.25) is 0 Å². The summed E-state index contributed by atoms with van der Waals surface area (Å²) in [6.07, 6.45) is -0.438. The molecule has 0 saturated carbocycles. The summed E-state index contributed by atoms with van der Waals surface area (Å²) < 4.78 is 5.93. The SMILES string of the molecule is Cc1sc(Br)nc1CNC(=O)OCc1ccccc1. The molecule has 0 aliphatic rings. The number of thiazole rings is 1. The van der Waals surface area contributed by atoms with E-state index in [9.17, 15) is 4.79 Å². The minimum atomic E-state index is -0.438. The fraction of sp³-hybridized carbons (Fsp3) is 0.231. The first kappa shape index (κ1) is 14.0. The minimum Gasteiger partial charge on any atom is -0.445 e. The molecule has 0 radical (unpaired) electrons. The van der Waals surface area contributed by atoms with Crippen molar-refractivity contribution in [3.05, 3.63) is 50.4 Å². The maximum absolute atomic E-state index is 11.5. The Kier molecular flexibility index (Phi) is 4.93. The van der Waals surface area contributed by atoms with Gasteiger partial charge in [-0.05, 0) is 28.4 Å². The molecule has 0 atom stereocenters. The van der Waals surface area contributed by atoms with Gasteiger partial charge in [0.1, 0.15) is 6.61 Å². The number of hydrogen-bond donors (Lipinski definition) is 1. The zero-order valence-electron chi connectivity index (χ0n) is 10.4. The van der Waals surface area contributed by atoms with E-state index in [0.717, 1.165) is 20.1 Å². The van der Waals surface area contributed by atoms with Crippen LogP contribution in [-0.2, 0) is 17.9 Å². The predicted octanol–water partition coefficient (Wildman–Crippen LogP) is 3.64. The van der Waals surface area contributed by atoms with Crippen LogP contribution in [0.15, 0.2) is 34.2 Å². The molecule has 2 aromatic rings. The molecule has 0 fully saturated rings. The predicted molar refractivity (Wildman–Crippen MR) is 78.0 cm³/mol. The largest absolute Gasteiger partial charge is 0.445 e. The Balaban J connectivity index is 1.77. The Morgan fingerprint density at radius 1 is 1.42 bits per heavy atom. The van der Waals surface area contributed by atoms with Gasteiger partial charge in [0, 0.05) is 4.88 Å². The van der Waals surface area contributed by atoms with Gasteiger partial charge in [0.25, 0.3) is 0 Å². The molecular formula is C13H13BrN2O2S. The number of carbonyl (C=O) groups excluding carboxylic acids is 1. The molecule has 0 saturated heterocycles. The van der Waals surface area contributed by atoms with E-state index in [4.69, 9.17) is 4.74 Å². The number of benzene rings is 1. The maximum atomic E-state index is 11.5. The van der Waals surface area contributed by atoms with Crippen molar-refractivity contribution in [2.75, 3.05) is 0 Å². The smallest absolute Gasteiger partial charge is 0.407 e. The van der Waals surface area contributed by atoms with E-state index >= 15 is 0 Å². The van der Waals surface area contributed by atoms with Crippen LogP contribution in [0.3, 0.4) is 0 Å². The van der Waals surface area contributed by atoms with Crippen LogP contribution in [-0.4, -0.2) is 11.1 Å². The molecule has 2 rings (SSSR count). The summed E-state index contributed by atoms with van der Waals surface area (Å²) >= 11 is 4.86. The zero-order valence-corrected chi connectivity index (χ0v) is 12.8. The average Bonchev–Trinajstić information content (AvgIpc) is 2.73. The molecule has 0 aliphatic heterocycles. The highest BCUT2D eigenvalue weighted by atomic mass is 79.9. The van der Waals surface area contributed by atoms with Crippen LogP contribution in [0, 0.1) is 6.92 Å². The van der Waals surface area contributed by atoms with Gasteiger partial charge in [-0.1, -0.05) is 30.3 Å². The topological polar surface area (TPSA) is 51.2 Å². The lowest BCUT2D eigenvalue weighted by atomic mass is 10.2. The fourth-order valence-electron chi connectivity index (χ4n) is 1.49. The molecule has 1 aromatic carbocycles. The number of aromatic nitrogens is 1. The number of nitrogens with one attached hydrogen (secondary N) is 1. The fourth-order valence-corrected chi connectivity index (χ4v) is 3.07. The lowest BCUT2D eigenvalue weighted by Gasteiger charge is -2.06. The summed E-state index contributed by atoms with van der Waals surface area (Å²) in [7, 11) is 0. The summed E-state index contributed by atoms with van der Waals surface area (Å²) in [5, 5.41) is 2.69. The molecule has 0 bridgehead atoms. The number of ether oxygens (including phenoxy) is 1. The number of halogens is 1. The molecular weight excluding hydrogens is 328 g/mol. The number of nitrogens with zero attached hydrogens (tertiary/aromatic N) is 1. The number of rotatable bonds is 4. The van der Waals surface area contributed by atoms with Gasteiger partial charge >= 0.3 is 6.09 Å². The van der Waals surface area contributed by atoms with Crippen molar-refractivity contribution in [1.29, 1.82) is 0 Å². The lowest BCUT2D eigenvalue weighted by Crippen LogP contribution is -2.24. The summed E-state index contributed by atoms with van der Waals surface area (Å²) in [6, 6.07) is 9.57. The van der Waals surface area contributed by atoms with Crippen LogP contribution in [0.2, 0.25) is 0 Å². The van der Waals surface area contributed by atoms with Gasteiger partial charge in [0.05, 0.1) is 12.2 Å². The van der Waals surface area contributed by atoms with E-state index in [1.807, 2.05) is 37.3 Å². The Labute approximate surface area is 124 Å². The quantitative estimate of drug-likeness (QED) is 0.924. The number of amides is 1. The third-order valence-electron chi connectivity index (χ3n) is 2.48. The van der Waals surface area contributed by atoms with Gasteiger partial charge in [0.15, 0.2) is 3.92 Å². The molecule has 0 unspecified atom stereocenters. The third-order valence-corrected chi connectivity index (χ3v) is 3.94. The van der Waals surface area contributed by atoms with Crippen molar-refractivity contribution in [3.63, 3.8) is 0 Å². The molecule has 1 amide bonds. The first-order valence-corrected chi connectivity index (χ1v) is 7.32. The number of aryl methyl sites for hydroxylation is 1. The third kappa shape index (κ3) is 4.33. The number of carbonyl (C=O) groups is 1. The van der Waals surface area contributed by atoms with Gasteiger partial charge in [-0.15, -0.1) is 11.3 Å². The second-order valence-electron chi connectivity index (χ2n) is 3.88. The summed E-state index contributed by atoms with van der Waals surface area (Å²) in [5.41, 5.74) is 1.82. The van der Waals surface area contributed by atoms with Crippen molar-refractivity contribution in [1.82, 2.24) is 10.3 Å². The highest BCUT2D eigenvalue weighted by Crippen LogP contribution is 2.21. The van der Waals surface area contributed by atoms with E-state index in [1.54, 1.807) is 11.3 Å².